The van der Waals surface area contributed by atoms with Crippen LogP contribution in [0.3, 0.4) is 0 Å². The first kappa shape index (κ1) is 27.3. The molecule has 0 unspecified atom stereocenters. The molecule has 0 saturated heterocycles. The van der Waals surface area contributed by atoms with Gasteiger partial charge in [0, 0.05) is 36.0 Å². The minimum absolute atomic E-state index is 0.0554. The number of rotatable bonds is 7. The first-order valence-electron chi connectivity index (χ1n) is 11.9. The Morgan fingerprint density at radius 3 is 2.53 bits per heavy atom. The van der Waals surface area contributed by atoms with Crippen LogP contribution in [0.25, 0.3) is 10.9 Å². The van der Waals surface area contributed by atoms with Crippen molar-refractivity contribution < 1.29 is 31.1 Å². The zero-order valence-corrected chi connectivity index (χ0v) is 21.4. The minimum atomic E-state index is -4.45. The highest BCUT2D eigenvalue weighted by molar-refractivity contribution is 7.89. The van der Waals surface area contributed by atoms with E-state index in [0.29, 0.717) is 48.0 Å². The van der Waals surface area contributed by atoms with Gasteiger partial charge in [-0.1, -0.05) is 12.0 Å². The molecule has 0 amide bonds. The number of benzene rings is 2. The molecule has 4 rings (SSSR count). The van der Waals surface area contributed by atoms with E-state index in [1.165, 1.54) is 25.3 Å². The molecule has 1 heterocycles. The lowest BCUT2D eigenvalue weighted by molar-refractivity contribution is -0.140. The molecule has 4 N–H and O–H groups in total. The number of anilines is 2. The number of methoxy groups -OCH3 is 1. The zero-order valence-electron chi connectivity index (χ0n) is 20.6. The van der Waals surface area contributed by atoms with Crippen molar-refractivity contribution in [2.24, 2.45) is 5.14 Å². The topological polar surface area (TPSA) is 115 Å². The Labute approximate surface area is 218 Å². The van der Waals surface area contributed by atoms with Crippen molar-refractivity contribution in [3.8, 4) is 17.6 Å². The van der Waals surface area contributed by atoms with Crippen LogP contribution in [0.15, 0.2) is 47.4 Å². The predicted octanol–water partition coefficient (Wildman–Crippen LogP) is 4.25. The summed E-state index contributed by atoms with van der Waals surface area (Å²) in [6, 6.07) is 10.9. The molecular weight excluding hydrogens is 521 g/mol. The third-order valence-corrected chi connectivity index (χ3v) is 7.18. The molecule has 3 aromatic rings. The zero-order chi connectivity index (χ0) is 27.5. The van der Waals surface area contributed by atoms with Gasteiger partial charge in [0.05, 0.1) is 35.4 Å². The molecular formula is C26H27F3N4O4S. The van der Waals surface area contributed by atoms with Crippen LogP contribution < -0.4 is 20.5 Å². The maximum atomic E-state index is 13.5. The number of Topliss-reactive ketones (excluding diaryl/α,β-unsaturated/α-hetero) is 1. The molecule has 38 heavy (non-hydrogen) atoms. The number of ether oxygens (including phenoxy) is 1. The number of fused-ring (bicyclic) bond motifs is 1. The van der Waals surface area contributed by atoms with E-state index in [0.717, 1.165) is 4.57 Å². The van der Waals surface area contributed by atoms with Gasteiger partial charge in [-0.25, -0.2) is 13.6 Å². The average molecular weight is 549 g/mol. The van der Waals surface area contributed by atoms with E-state index in [9.17, 15) is 26.4 Å². The molecule has 0 aliphatic heterocycles. The van der Waals surface area contributed by atoms with Crippen LogP contribution in [0.5, 0.6) is 5.75 Å². The highest BCUT2D eigenvalue weighted by Gasteiger charge is 2.30. The van der Waals surface area contributed by atoms with Crippen molar-refractivity contribution >= 4 is 38.1 Å². The van der Waals surface area contributed by atoms with Gasteiger partial charge in [-0.15, -0.1) is 0 Å². The van der Waals surface area contributed by atoms with Crippen molar-refractivity contribution in [3.05, 3.63) is 48.2 Å². The van der Waals surface area contributed by atoms with Crippen LogP contribution >= 0.6 is 0 Å². The van der Waals surface area contributed by atoms with Crippen molar-refractivity contribution in [3.63, 3.8) is 0 Å². The molecule has 8 nitrogen and oxygen atoms in total. The highest BCUT2D eigenvalue weighted by Crippen LogP contribution is 2.32. The van der Waals surface area contributed by atoms with Gasteiger partial charge in [0.25, 0.3) is 0 Å². The molecule has 1 saturated carbocycles. The van der Waals surface area contributed by atoms with Gasteiger partial charge in [0.15, 0.2) is 0 Å². The summed E-state index contributed by atoms with van der Waals surface area (Å²) in [5.41, 5.74) is 1.74. The van der Waals surface area contributed by atoms with Gasteiger partial charge >= 0.3 is 6.18 Å². The Morgan fingerprint density at radius 2 is 1.87 bits per heavy atom. The molecule has 0 atom stereocenters. The Balaban J connectivity index is 1.60. The normalized spacial score (nSPS) is 14.7. The van der Waals surface area contributed by atoms with Crippen LogP contribution in [0.1, 0.15) is 31.4 Å². The quantitative estimate of drug-likeness (QED) is 0.381. The smallest absolute Gasteiger partial charge is 0.406 e. The Morgan fingerprint density at radius 1 is 1.13 bits per heavy atom. The fraction of sp³-hybridized carbons (Fsp3) is 0.346. The van der Waals surface area contributed by atoms with Gasteiger partial charge < -0.3 is 19.9 Å². The summed E-state index contributed by atoms with van der Waals surface area (Å²) in [4.78, 5) is 11.4. The van der Waals surface area contributed by atoms with Gasteiger partial charge in [-0.05, 0) is 49.1 Å². The minimum Gasteiger partial charge on any atom is -0.495 e. The van der Waals surface area contributed by atoms with E-state index in [-0.39, 0.29) is 34.7 Å². The second-order valence-corrected chi connectivity index (χ2v) is 10.6. The summed E-state index contributed by atoms with van der Waals surface area (Å²) in [7, 11) is -2.55. The lowest BCUT2D eigenvalue weighted by atomic mass is 9.94. The van der Waals surface area contributed by atoms with Crippen LogP contribution in [-0.4, -0.2) is 44.6 Å². The highest BCUT2D eigenvalue weighted by atomic mass is 32.2. The summed E-state index contributed by atoms with van der Waals surface area (Å²) >= 11 is 0. The fourth-order valence-electron chi connectivity index (χ4n) is 4.44. The van der Waals surface area contributed by atoms with E-state index >= 15 is 0 Å². The number of nitrogens with one attached hydrogen (secondary N) is 2. The maximum absolute atomic E-state index is 13.5. The Kier molecular flexibility index (Phi) is 7.89. The summed E-state index contributed by atoms with van der Waals surface area (Å²) in [6.45, 7) is -1.14. The van der Waals surface area contributed by atoms with E-state index in [2.05, 4.69) is 22.5 Å². The van der Waals surface area contributed by atoms with Crippen molar-refractivity contribution in [2.75, 3.05) is 24.3 Å². The first-order chi connectivity index (χ1) is 17.9. The molecule has 1 aliphatic rings. The second kappa shape index (κ2) is 11.0. The first-order valence-corrected chi connectivity index (χ1v) is 13.4. The van der Waals surface area contributed by atoms with Crippen LogP contribution in [0.2, 0.25) is 0 Å². The molecule has 12 heteroatoms. The van der Waals surface area contributed by atoms with Crippen LogP contribution in [0.4, 0.5) is 24.5 Å². The standard InChI is InChI=1S/C26H27F3N4O4S/c1-37-25-15-20(38(30,35)36)11-12-23(25)31-13-3-4-18-14-21-22(32-17-7-9-19(34)10-8-17)5-2-6-24(21)33(18)16-26(27,28)29/h2,5-6,11-12,14-15,17,31-32H,7-10,13,16H2,1H3,(H2,30,35,36). The lowest BCUT2D eigenvalue weighted by Crippen LogP contribution is -2.26. The van der Waals surface area contributed by atoms with Gasteiger partial charge in [-0.3, -0.25) is 4.79 Å². The number of primary sulfonamides is 1. The van der Waals surface area contributed by atoms with Gasteiger partial charge in [0.2, 0.25) is 10.0 Å². The largest absolute Gasteiger partial charge is 0.495 e. The number of nitrogens with two attached hydrogens (primary N) is 1. The van der Waals surface area contributed by atoms with E-state index in [1.807, 2.05) is 6.07 Å². The number of ketones is 1. The average Bonchev–Trinajstić information content (AvgIpc) is 3.19. The molecule has 1 fully saturated rings. The summed E-state index contributed by atoms with van der Waals surface area (Å²) in [6.07, 6.45) is -2.12. The number of hydrogen-bond acceptors (Lipinski definition) is 6. The van der Waals surface area contributed by atoms with Crippen LogP contribution in [0, 0.1) is 11.8 Å². The summed E-state index contributed by atoms with van der Waals surface area (Å²) < 4.78 is 69.8. The predicted molar refractivity (Wildman–Crippen MR) is 139 cm³/mol. The number of aromatic nitrogens is 1. The van der Waals surface area contributed by atoms with Gasteiger partial charge in [0.1, 0.15) is 18.1 Å². The van der Waals surface area contributed by atoms with Crippen molar-refractivity contribution in [1.29, 1.82) is 0 Å². The number of alkyl halides is 3. The number of carbonyl (C=O) groups excluding carboxylic acids is 1. The lowest BCUT2D eigenvalue weighted by Gasteiger charge is -2.23. The second-order valence-electron chi connectivity index (χ2n) is 8.99. The maximum Gasteiger partial charge on any atom is 0.406 e. The van der Waals surface area contributed by atoms with Crippen molar-refractivity contribution in [2.45, 2.75) is 49.3 Å². The molecule has 0 bridgehead atoms. The Bertz CT molecular complexity index is 1510. The number of carbonyl (C=O) groups is 1. The molecule has 0 spiro atoms. The van der Waals surface area contributed by atoms with Gasteiger partial charge in [-0.2, -0.15) is 13.2 Å². The van der Waals surface area contributed by atoms with E-state index in [4.69, 9.17) is 9.88 Å². The molecule has 1 aromatic heterocycles. The number of halogens is 3. The third-order valence-electron chi connectivity index (χ3n) is 6.27. The number of nitrogens with zero attached hydrogens (tertiary/aromatic N) is 1. The Hall–Kier alpha value is -3.69. The van der Waals surface area contributed by atoms with E-state index in [1.54, 1.807) is 18.2 Å². The van der Waals surface area contributed by atoms with E-state index < -0.39 is 22.7 Å². The summed E-state index contributed by atoms with van der Waals surface area (Å²) in [5, 5.41) is 12.1. The monoisotopic (exact) mass is 548 g/mol. The molecule has 1 aliphatic carbocycles. The summed E-state index contributed by atoms with van der Waals surface area (Å²) in [5.74, 6) is 6.11. The van der Waals surface area contributed by atoms with Crippen molar-refractivity contribution in [1.82, 2.24) is 4.57 Å². The molecule has 2 aromatic carbocycles. The SMILES string of the molecule is COc1cc(S(N)(=O)=O)ccc1NCC#Cc1cc2c(NC3CCC(=O)CC3)cccc2n1CC(F)(F)F. The number of sulfonamides is 1. The fourth-order valence-corrected chi connectivity index (χ4v) is 4.97. The molecule has 202 valence electrons. The third kappa shape index (κ3) is 6.59. The van der Waals surface area contributed by atoms with Crippen LogP contribution in [-0.2, 0) is 21.4 Å². The number of hydrogen-bond donors (Lipinski definition) is 3. The molecule has 0 radical (unpaired) electrons.